The molecule has 1 aromatic rings. The van der Waals surface area contributed by atoms with Crippen molar-refractivity contribution in [3.05, 3.63) is 23.7 Å². The average Bonchev–Trinajstić information content (AvgIpc) is 2.61. The molecule has 0 spiro atoms. The monoisotopic (exact) mass is 191 g/mol. The number of nitrogens with zero attached hydrogens (tertiary/aromatic N) is 2. The summed E-state index contributed by atoms with van der Waals surface area (Å²) < 4.78 is 1.76. The maximum atomic E-state index is 11.0. The lowest BCUT2D eigenvalue weighted by molar-refractivity contribution is -0.114. The number of carbonyl (C=O) groups excluding carboxylic acids is 1. The summed E-state index contributed by atoms with van der Waals surface area (Å²) in [6.07, 6.45) is 5.03. The molecule has 0 bridgehead atoms. The molecule has 0 saturated heterocycles. The summed E-state index contributed by atoms with van der Waals surface area (Å²) >= 11 is 0. The van der Waals surface area contributed by atoms with E-state index in [0.29, 0.717) is 6.42 Å². The molecule has 1 aliphatic rings. The first-order valence-corrected chi connectivity index (χ1v) is 4.66. The van der Waals surface area contributed by atoms with Gasteiger partial charge >= 0.3 is 0 Å². The molecule has 0 unspecified atom stereocenters. The number of allylic oxidation sites excluding steroid dienone is 2. The zero-order valence-electron chi connectivity index (χ0n) is 8.37. The highest BCUT2D eigenvalue weighted by Gasteiger charge is 2.13. The molecule has 0 fully saturated rings. The second-order valence-electron chi connectivity index (χ2n) is 3.56. The first-order chi connectivity index (χ1) is 6.65. The first kappa shape index (κ1) is 8.99. The van der Waals surface area contributed by atoms with Crippen molar-refractivity contribution in [3.8, 4) is 0 Å². The number of aromatic nitrogens is 2. The Labute approximate surface area is 82.6 Å². The molecule has 2 rings (SSSR count). The highest BCUT2D eigenvalue weighted by molar-refractivity contribution is 5.93. The molecule has 1 aromatic heterocycles. The van der Waals surface area contributed by atoms with Crippen LogP contribution in [-0.2, 0) is 11.8 Å². The number of aryl methyl sites for hydroxylation is 2. The fourth-order valence-corrected chi connectivity index (χ4v) is 1.59. The number of hydrogen-bond donors (Lipinski definition) is 1. The Kier molecular flexibility index (Phi) is 2.11. The van der Waals surface area contributed by atoms with Crippen molar-refractivity contribution in [2.45, 2.75) is 19.8 Å². The van der Waals surface area contributed by atoms with E-state index in [4.69, 9.17) is 0 Å². The highest BCUT2D eigenvalue weighted by atomic mass is 16.1. The van der Waals surface area contributed by atoms with E-state index in [2.05, 4.69) is 10.4 Å². The van der Waals surface area contributed by atoms with E-state index in [1.807, 2.05) is 20.2 Å². The normalized spacial score (nSPS) is 15.9. The van der Waals surface area contributed by atoms with Crippen molar-refractivity contribution >= 4 is 11.5 Å². The maximum absolute atomic E-state index is 11.0. The van der Waals surface area contributed by atoms with Gasteiger partial charge in [0.15, 0.2) is 5.78 Å². The molecule has 14 heavy (non-hydrogen) atoms. The summed E-state index contributed by atoms with van der Waals surface area (Å²) in [6.45, 7) is 1.94. The van der Waals surface area contributed by atoms with Gasteiger partial charge in [0.25, 0.3) is 0 Å². The van der Waals surface area contributed by atoms with Gasteiger partial charge in [-0.2, -0.15) is 5.10 Å². The van der Waals surface area contributed by atoms with Gasteiger partial charge in [-0.05, 0) is 13.3 Å². The van der Waals surface area contributed by atoms with Gasteiger partial charge in [0.1, 0.15) is 0 Å². The summed E-state index contributed by atoms with van der Waals surface area (Å²) in [7, 11) is 1.88. The lowest BCUT2D eigenvalue weighted by Gasteiger charge is -2.03. The molecule has 0 radical (unpaired) electrons. The van der Waals surface area contributed by atoms with Gasteiger partial charge in [-0.1, -0.05) is 0 Å². The maximum Gasteiger partial charge on any atom is 0.157 e. The molecule has 1 aliphatic carbocycles. The molecule has 0 amide bonds. The van der Waals surface area contributed by atoms with E-state index in [-0.39, 0.29) is 5.78 Å². The first-order valence-electron chi connectivity index (χ1n) is 4.66. The van der Waals surface area contributed by atoms with Gasteiger partial charge < -0.3 is 5.32 Å². The van der Waals surface area contributed by atoms with Crippen LogP contribution < -0.4 is 5.32 Å². The number of hydrogen-bond acceptors (Lipinski definition) is 3. The predicted molar refractivity (Wildman–Crippen MR) is 53.9 cm³/mol. The number of carbonyl (C=O) groups is 1. The van der Waals surface area contributed by atoms with Crippen molar-refractivity contribution in [3.63, 3.8) is 0 Å². The molecule has 0 aliphatic heterocycles. The molecule has 0 aromatic carbocycles. The van der Waals surface area contributed by atoms with E-state index in [1.165, 1.54) is 0 Å². The van der Waals surface area contributed by atoms with Crippen LogP contribution >= 0.6 is 0 Å². The number of rotatable bonds is 2. The van der Waals surface area contributed by atoms with Crippen LogP contribution in [0.3, 0.4) is 0 Å². The standard InChI is InChI=1S/C10H13N3O/c1-7-10(6-13(2)12-7)11-8-3-4-9(14)5-8/h5-6,11H,3-4H2,1-2H3. The third kappa shape index (κ3) is 1.69. The van der Waals surface area contributed by atoms with Crippen molar-refractivity contribution in [2.75, 3.05) is 5.32 Å². The summed E-state index contributed by atoms with van der Waals surface area (Å²) in [5.74, 6) is 0.203. The SMILES string of the molecule is Cc1nn(C)cc1NC1=CC(=O)CC1. The van der Waals surface area contributed by atoms with E-state index < -0.39 is 0 Å². The fraction of sp³-hybridized carbons (Fsp3) is 0.400. The number of ketones is 1. The van der Waals surface area contributed by atoms with Gasteiger partial charge in [-0.3, -0.25) is 9.48 Å². The minimum absolute atomic E-state index is 0.203. The minimum atomic E-state index is 0.203. The molecular weight excluding hydrogens is 178 g/mol. The van der Waals surface area contributed by atoms with Gasteiger partial charge in [0.05, 0.1) is 11.4 Å². The molecule has 4 nitrogen and oxygen atoms in total. The predicted octanol–water partition coefficient (Wildman–Crippen LogP) is 1.39. The Hall–Kier alpha value is -1.58. The molecule has 74 valence electrons. The Bertz CT molecular complexity index is 403. The largest absolute Gasteiger partial charge is 0.356 e. The molecule has 1 heterocycles. The number of nitrogens with one attached hydrogen (secondary N) is 1. The Morgan fingerprint density at radius 3 is 2.79 bits per heavy atom. The van der Waals surface area contributed by atoms with Crippen LogP contribution in [0.1, 0.15) is 18.5 Å². The quantitative estimate of drug-likeness (QED) is 0.768. The van der Waals surface area contributed by atoms with Crippen LogP contribution in [0, 0.1) is 6.92 Å². The van der Waals surface area contributed by atoms with Gasteiger partial charge in [-0.25, -0.2) is 0 Å². The smallest absolute Gasteiger partial charge is 0.157 e. The van der Waals surface area contributed by atoms with E-state index >= 15 is 0 Å². The molecule has 4 heteroatoms. The van der Waals surface area contributed by atoms with Gasteiger partial charge in [0, 0.05) is 31.4 Å². The second-order valence-corrected chi connectivity index (χ2v) is 3.56. The second kappa shape index (κ2) is 3.29. The lowest BCUT2D eigenvalue weighted by atomic mass is 10.3. The van der Waals surface area contributed by atoms with Crippen LogP contribution in [0.5, 0.6) is 0 Å². The van der Waals surface area contributed by atoms with E-state index in [9.17, 15) is 4.79 Å². The van der Waals surface area contributed by atoms with Crippen LogP contribution in [0.25, 0.3) is 0 Å². The summed E-state index contributed by atoms with van der Waals surface area (Å²) in [5.41, 5.74) is 2.92. The highest BCUT2D eigenvalue weighted by Crippen LogP contribution is 2.20. The fourth-order valence-electron chi connectivity index (χ4n) is 1.59. The Morgan fingerprint density at radius 1 is 1.50 bits per heavy atom. The number of anilines is 1. The lowest BCUT2D eigenvalue weighted by Crippen LogP contribution is -1.96. The van der Waals surface area contributed by atoms with E-state index in [0.717, 1.165) is 23.5 Å². The third-order valence-electron chi connectivity index (χ3n) is 2.28. The van der Waals surface area contributed by atoms with Crippen molar-refractivity contribution in [1.82, 2.24) is 9.78 Å². The topological polar surface area (TPSA) is 46.9 Å². The average molecular weight is 191 g/mol. The Morgan fingerprint density at radius 2 is 2.29 bits per heavy atom. The van der Waals surface area contributed by atoms with Gasteiger partial charge in [-0.15, -0.1) is 0 Å². The zero-order chi connectivity index (χ0) is 10.1. The minimum Gasteiger partial charge on any atom is -0.356 e. The molecule has 0 atom stereocenters. The summed E-state index contributed by atoms with van der Waals surface area (Å²) in [5, 5.41) is 7.43. The van der Waals surface area contributed by atoms with Crippen LogP contribution in [0.15, 0.2) is 18.0 Å². The van der Waals surface area contributed by atoms with Crippen LogP contribution in [0.2, 0.25) is 0 Å². The zero-order valence-corrected chi connectivity index (χ0v) is 8.37. The van der Waals surface area contributed by atoms with Gasteiger partial charge in [0.2, 0.25) is 0 Å². The third-order valence-corrected chi connectivity index (χ3v) is 2.28. The van der Waals surface area contributed by atoms with Crippen molar-refractivity contribution in [2.24, 2.45) is 7.05 Å². The van der Waals surface area contributed by atoms with E-state index in [1.54, 1.807) is 10.8 Å². The molecule has 1 N–H and O–H groups in total. The molecule has 0 saturated carbocycles. The van der Waals surface area contributed by atoms with Crippen LogP contribution in [0.4, 0.5) is 5.69 Å². The Balaban J connectivity index is 2.15. The molecular formula is C10H13N3O. The summed E-state index contributed by atoms with van der Waals surface area (Å²) in [6, 6.07) is 0. The summed E-state index contributed by atoms with van der Waals surface area (Å²) in [4.78, 5) is 11.0. The van der Waals surface area contributed by atoms with Crippen molar-refractivity contribution in [1.29, 1.82) is 0 Å². The van der Waals surface area contributed by atoms with Crippen LogP contribution in [-0.4, -0.2) is 15.6 Å². The van der Waals surface area contributed by atoms with Crippen molar-refractivity contribution < 1.29 is 4.79 Å².